The fraction of sp³-hybridized carbons (Fsp3) is 0.350. The van der Waals surface area contributed by atoms with Crippen LogP contribution >= 0.6 is 11.8 Å². The van der Waals surface area contributed by atoms with Gasteiger partial charge >= 0.3 is 0 Å². The van der Waals surface area contributed by atoms with Gasteiger partial charge in [0.2, 0.25) is 0 Å². The predicted molar refractivity (Wildman–Crippen MR) is 103 cm³/mol. The van der Waals surface area contributed by atoms with Crippen LogP contribution in [0.2, 0.25) is 0 Å². The van der Waals surface area contributed by atoms with Gasteiger partial charge in [0, 0.05) is 30.5 Å². The summed E-state index contributed by atoms with van der Waals surface area (Å²) in [7, 11) is 0. The molecule has 0 N–H and O–H groups in total. The fourth-order valence-corrected chi connectivity index (χ4v) is 4.21. The summed E-state index contributed by atoms with van der Waals surface area (Å²) in [5, 5.41) is 11.5. The van der Waals surface area contributed by atoms with Crippen LogP contribution in [0, 0.1) is 21.8 Å². The standard InChI is InChI=1S/C20H21FN2O3S/c1-14-4-3-9-22(12-14)20(24)16-7-8-19(18(11-16)23(25)26)27-13-15-5-2-6-17(21)10-15/h2,5-8,10-11,14H,3-4,9,12-13H2,1H3. The Morgan fingerprint density at radius 1 is 1.33 bits per heavy atom. The number of benzene rings is 2. The molecule has 1 fully saturated rings. The normalized spacial score (nSPS) is 17.0. The first kappa shape index (κ1) is 19.4. The van der Waals surface area contributed by atoms with Gasteiger partial charge in [0.15, 0.2) is 0 Å². The molecule has 0 aliphatic carbocycles. The van der Waals surface area contributed by atoms with E-state index in [0.717, 1.165) is 18.4 Å². The van der Waals surface area contributed by atoms with Crippen LogP contribution < -0.4 is 0 Å². The van der Waals surface area contributed by atoms with Crippen molar-refractivity contribution in [1.82, 2.24) is 4.90 Å². The zero-order valence-electron chi connectivity index (χ0n) is 15.1. The first-order valence-corrected chi connectivity index (χ1v) is 9.87. The summed E-state index contributed by atoms with van der Waals surface area (Å²) >= 11 is 1.26. The Balaban J connectivity index is 1.78. The molecule has 1 atom stereocenters. The molecule has 5 nitrogen and oxygen atoms in total. The molecule has 0 saturated carbocycles. The lowest BCUT2D eigenvalue weighted by Crippen LogP contribution is -2.39. The van der Waals surface area contributed by atoms with Crippen LogP contribution in [0.15, 0.2) is 47.4 Å². The lowest BCUT2D eigenvalue weighted by atomic mass is 9.99. The maximum atomic E-state index is 13.3. The minimum Gasteiger partial charge on any atom is -0.338 e. The molecule has 1 saturated heterocycles. The van der Waals surface area contributed by atoms with Gasteiger partial charge in [0.1, 0.15) is 5.82 Å². The van der Waals surface area contributed by atoms with Gasteiger partial charge in [-0.25, -0.2) is 4.39 Å². The predicted octanol–water partition coefficient (Wildman–Crippen LogP) is 4.90. The van der Waals surface area contributed by atoms with Gasteiger partial charge in [0.25, 0.3) is 11.6 Å². The summed E-state index contributed by atoms with van der Waals surface area (Å²) in [4.78, 5) is 26.0. The summed E-state index contributed by atoms with van der Waals surface area (Å²) in [6.45, 7) is 3.48. The van der Waals surface area contributed by atoms with Crippen LogP contribution in [0.1, 0.15) is 35.7 Å². The van der Waals surface area contributed by atoms with Crippen molar-refractivity contribution in [3.8, 4) is 0 Å². The number of nitro groups is 1. The number of amides is 1. The van der Waals surface area contributed by atoms with E-state index in [0.29, 0.717) is 35.2 Å². The molecular formula is C20H21FN2O3S. The number of piperidine rings is 1. The lowest BCUT2D eigenvalue weighted by Gasteiger charge is -2.31. The largest absolute Gasteiger partial charge is 0.338 e. The third-order valence-corrected chi connectivity index (χ3v) is 5.76. The smallest absolute Gasteiger partial charge is 0.283 e. The van der Waals surface area contributed by atoms with Crippen LogP contribution in [-0.2, 0) is 5.75 Å². The van der Waals surface area contributed by atoms with E-state index >= 15 is 0 Å². The molecular weight excluding hydrogens is 367 g/mol. The van der Waals surface area contributed by atoms with Crippen molar-refractivity contribution in [1.29, 1.82) is 0 Å². The van der Waals surface area contributed by atoms with E-state index in [1.165, 1.54) is 30.0 Å². The summed E-state index contributed by atoms with van der Waals surface area (Å²) in [5.74, 6) is 0.361. The summed E-state index contributed by atoms with van der Waals surface area (Å²) in [6, 6.07) is 10.8. The summed E-state index contributed by atoms with van der Waals surface area (Å²) in [5.41, 5.74) is 0.995. The second kappa shape index (κ2) is 8.52. The van der Waals surface area contributed by atoms with Gasteiger partial charge in [-0.1, -0.05) is 19.1 Å². The van der Waals surface area contributed by atoms with Crippen molar-refractivity contribution in [2.75, 3.05) is 13.1 Å². The number of hydrogen-bond donors (Lipinski definition) is 0. The number of halogens is 1. The molecule has 0 radical (unpaired) electrons. The van der Waals surface area contributed by atoms with E-state index in [4.69, 9.17) is 0 Å². The van der Waals surface area contributed by atoms with Crippen molar-refractivity contribution in [2.24, 2.45) is 5.92 Å². The topological polar surface area (TPSA) is 63.5 Å². The van der Waals surface area contributed by atoms with Crippen LogP contribution in [0.3, 0.4) is 0 Å². The van der Waals surface area contributed by atoms with Gasteiger partial charge in [-0.2, -0.15) is 0 Å². The maximum Gasteiger partial charge on any atom is 0.283 e. The van der Waals surface area contributed by atoms with Crippen LogP contribution in [-0.4, -0.2) is 28.8 Å². The molecule has 7 heteroatoms. The van der Waals surface area contributed by atoms with Crippen LogP contribution in [0.5, 0.6) is 0 Å². The Morgan fingerprint density at radius 2 is 2.15 bits per heavy atom. The van der Waals surface area contributed by atoms with Gasteiger partial charge in [-0.3, -0.25) is 14.9 Å². The highest BCUT2D eigenvalue weighted by Crippen LogP contribution is 2.33. The lowest BCUT2D eigenvalue weighted by molar-refractivity contribution is -0.387. The van der Waals surface area contributed by atoms with Crippen molar-refractivity contribution in [3.05, 3.63) is 69.5 Å². The molecule has 3 rings (SSSR count). The molecule has 1 unspecified atom stereocenters. The maximum absolute atomic E-state index is 13.3. The number of hydrogen-bond acceptors (Lipinski definition) is 4. The Kier molecular flexibility index (Phi) is 6.11. The molecule has 0 aromatic heterocycles. The van der Waals surface area contributed by atoms with Crippen molar-refractivity contribution >= 4 is 23.4 Å². The Bertz CT molecular complexity index is 859. The molecule has 1 amide bonds. The molecule has 2 aromatic rings. The number of likely N-dealkylation sites (tertiary alicyclic amines) is 1. The van der Waals surface area contributed by atoms with Gasteiger partial charge < -0.3 is 4.90 Å². The highest BCUT2D eigenvalue weighted by Gasteiger charge is 2.24. The molecule has 142 valence electrons. The number of nitrogens with zero attached hydrogens (tertiary/aromatic N) is 2. The molecule has 27 heavy (non-hydrogen) atoms. The number of rotatable bonds is 5. The highest BCUT2D eigenvalue weighted by atomic mass is 32.2. The first-order chi connectivity index (χ1) is 12.9. The van der Waals surface area contributed by atoms with Gasteiger partial charge in [-0.15, -0.1) is 11.8 Å². The van der Waals surface area contributed by atoms with E-state index in [2.05, 4.69) is 6.92 Å². The number of thioether (sulfide) groups is 1. The van der Waals surface area contributed by atoms with E-state index in [9.17, 15) is 19.3 Å². The molecule has 2 aromatic carbocycles. The molecule has 0 bridgehead atoms. The van der Waals surface area contributed by atoms with Crippen LogP contribution in [0.25, 0.3) is 0 Å². The van der Waals surface area contributed by atoms with Crippen LogP contribution in [0.4, 0.5) is 10.1 Å². The van der Waals surface area contributed by atoms with Crippen molar-refractivity contribution < 1.29 is 14.1 Å². The Labute approximate surface area is 161 Å². The molecule has 1 aliphatic rings. The third kappa shape index (κ3) is 4.86. The summed E-state index contributed by atoms with van der Waals surface area (Å²) in [6.07, 6.45) is 2.05. The monoisotopic (exact) mass is 388 g/mol. The zero-order chi connectivity index (χ0) is 19.4. The molecule has 0 spiro atoms. The first-order valence-electron chi connectivity index (χ1n) is 8.89. The average molecular weight is 388 g/mol. The highest BCUT2D eigenvalue weighted by molar-refractivity contribution is 7.98. The minimum absolute atomic E-state index is 0.0905. The SMILES string of the molecule is CC1CCCN(C(=O)c2ccc(SCc3cccc(F)c3)c([N+](=O)[O-])c2)C1. The average Bonchev–Trinajstić information content (AvgIpc) is 2.65. The summed E-state index contributed by atoms with van der Waals surface area (Å²) < 4.78 is 13.3. The number of carbonyl (C=O) groups is 1. The second-order valence-corrected chi connectivity index (χ2v) is 7.87. The Morgan fingerprint density at radius 3 is 2.85 bits per heavy atom. The van der Waals surface area contributed by atoms with E-state index in [1.54, 1.807) is 29.2 Å². The third-order valence-electron chi connectivity index (χ3n) is 4.63. The fourth-order valence-electron chi connectivity index (χ4n) is 3.26. The van der Waals surface area contributed by atoms with Crippen molar-refractivity contribution in [3.63, 3.8) is 0 Å². The zero-order valence-corrected chi connectivity index (χ0v) is 15.9. The van der Waals surface area contributed by atoms with Gasteiger partial charge in [-0.05, 0) is 48.6 Å². The number of carbonyl (C=O) groups excluding carboxylic acids is 1. The van der Waals surface area contributed by atoms with E-state index in [-0.39, 0.29) is 17.4 Å². The molecule has 1 aliphatic heterocycles. The Hall–Kier alpha value is -2.41. The quantitative estimate of drug-likeness (QED) is 0.415. The molecule has 1 heterocycles. The van der Waals surface area contributed by atoms with Gasteiger partial charge in [0.05, 0.1) is 9.82 Å². The minimum atomic E-state index is -0.469. The van der Waals surface area contributed by atoms with Crippen molar-refractivity contribution in [2.45, 2.75) is 30.4 Å². The number of nitro benzene ring substituents is 1. The van der Waals surface area contributed by atoms with E-state index in [1.807, 2.05) is 0 Å². The second-order valence-electron chi connectivity index (χ2n) is 6.86. The van der Waals surface area contributed by atoms with E-state index < -0.39 is 4.92 Å².